The first-order valence-electron chi connectivity index (χ1n) is 5.58. The fourth-order valence-electron chi connectivity index (χ4n) is 1.84. The van der Waals surface area contributed by atoms with Crippen molar-refractivity contribution in [3.63, 3.8) is 0 Å². The summed E-state index contributed by atoms with van der Waals surface area (Å²) in [6.45, 7) is -1.05. The Morgan fingerprint density at radius 1 is 1.40 bits per heavy atom. The van der Waals surface area contributed by atoms with Crippen molar-refractivity contribution in [2.45, 2.75) is 6.43 Å². The first-order chi connectivity index (χ1) is 9.54. The summed E-state index contributed by atoms with van der Waals surface area (Å²) in [6.07, 6.45) is -2.63. The van der Waals surface area contributed by atoms with Crippen molar-refractivity contribution >= 4 is 22.4 Å². The molecule has 0 aliphatic carbocycles. The van der Waals surface area contributed by atoms with Crippen LogP contribution in [0.5, 0.6) is 0 Å². The van der Waals surface area contributed by atoms with E-state index in [-0.39, 0.29) is 35.6 Å². The van der Waals surface area contributed by atoms with Gasteiger partial charge in [-0.1, -0.05) is 0 Å². The maximum atomic E-state index is 12.5. The monoisotopic (exact) mass is 288 g/mol. The highest BCUT2D eigenvalue weighted by atomic mass is 19.3. The normalized spacial score (nSPS) is 11.2. The van der Waals surface area contributed by atoms with E-state index in [9.17, 15) is 18.9 Å². The number of benzene rings is 1. The maximum absolute atomic E-state index is 12.5. The Balaban J connectivity index is 2.50. The van der Waals surface area contributed by atoms with Crippen LogP contribution in [0, 0.1) is 10.1 Å². The second-order valence-corrected chi connectivity index (χ2v) is 3.88. The molecular formula is C10H10F2N4O4. The summed E-state index contributed by atoms with van der Waals surface area (Å²) in [6, 6.07) is 2.42. The summed E-state index contributed by atoms with van der Waals surface area (Å²) < 4.78 is 29.5. The van der Waals surface area contributed by atoms with Crippen molar-refractivity contribution in [3.05, 3.63) is 22.2 Å². The fourth-order valence-corrected chi connectivity index (χ4v) is 1.84. The molecule has 0 radical (unpaired) electrons. The lowest BCUT2D eigenvalue weighted by Crippen LogP contribution is -2.31. The van der Waals surface area contributed by atoms with Crippen molar-refractivity contribution in [1.82, 2.24) is 10.3 Å². The van der Waals surface area contributed by atoms with E-state index in [0.29, 0.717) is 0 Å². The predicted octanol–water partition coefficient (Wildman–Crippen LogP) is 1.19. The number of alkyl halides is 2. The number of aromatic nitrogens is 2. The third-order valence-corrected chi connectivity index (χ3v) is 2.64. The molecule has 20 heavy (non-hydrogen) atoms. The Morgan fingerprint density at radius 2 is 2.10 bits per heavy atom. The standard InChI is InChI=1S/C10H10F2N4O4/c11-8(12)5-15(3-4-17)6-1-2-7(16(18)19)10-9(6)13-20-14-10/h1-2,8,17H,3-5H2. The van der Waals surface area contributed by atoms with Crippen molar-refractivity contribution in [1.29, 1.82) is 0 Å². The number of hydrogen-bond acceptors (Lipinski definition) is 7. The molecule has 0 aliphatic heterocycles. The van der Waals surface area contributed by atoms with Crippen molar-refractivity contribution in [3.8, 4) is 0 Å². The molecule has 0 fully saturated rings. The number of nitro benzene ring substituents is 1. The minimum Gasteiger partial charge on any atom is -0.395 e. The largest absolute Gasteiger partial charge is 0.395 e. The van der Waals surface area contributed by atoms with E-state index in [1.807, 2.05) is 0 Å². The summed E-state index contributed by atoms with van der Waals surface area (Å²) in [4.78, 5) is 11.3. The zero-order valence-corrected chi connectivity index (χ0v) is 10.1. The molecule has 8 nitrogen and oxygen atoms in total. The van der Waals surface area contributed by atoms with Gasteiger partial charge < -0.3 is 10.0 Å². The Morgan fingerprint density at radius 3 is 2.70 bits per heavy atom. The number of aliphatic hydroxyl groups is 1. The molecule has 0 saturated heterocycles. The molecular weight excluding hydrogens is 278 g/mol. The van der Waals surface area contributed by atoms with E-state index in [1.54, 1.807) is 0 Å². The average Bonchev–Trinajstić information content (AvgIpc) is 2.85. The van der Waals surface area contributed by atoms with Crippen LogP contribution in [0.3, 0.4) is 0 Å². The lowest BCUT2D eigenvalue weighted by Gasteiger charge is -2.23. The third-order valence-electron chi connectivity index (χ3n) is 2.64. The molecule has 0 saturated carbocycles. The Bertz CT molecular complexity index is 618. The molecule has 1 aromatic carbocycles. The van der Waals surface area contributed by atoms with Crippen LogP contribution in [0.25, 0.3) is 11.0 Å². The van der Waals surface area contributed by atoms with Gasteiger partial charge in [-0.15, -0.1) is 0 Å². The summed E-state index contributed by atoms with van der Waals surface area (Å²) in [5, 5.41) is 26.7. The summed E-state index contributed by atoms with van der Waals surface area (Å²) in [7, 11) is 0. The second kappa shape index (κ2) is 5.74. The number of halogens is 2. The summed E-state index contributed by atoms with van der Waals surface area (Å²) in [5.41, 5.74) is -0.245. The Labute approximate surface area is 110 Å². The van der Waals surface area contributed by atoms with Gasteiger partial charge in [-0.2, -0.15) is 0 Å². The molecule has 0 atom stereocenters. The minimum atomic E-state index is -2.63. The van der Waals surface area contributed by atoms with Gasteiger partial charge >= 0.3 is 5.69 Å². The molecule has 1 aromatic heterocycles. The second-order valence-electron chi connectivity index (χ2n) is 3.88. The van der Waals surface area contributed by atoms with Gasteiger partial charge in [0.15, 0.2) is 5.52 Å². The van der Waals surface area contributed by atoms with Crippen LogP contribution in [0.1, 0.15) is 0 Å². The molecule has 0 aliphatic rings. The van der Waals surface area contributed by atoms with Crippen molar-refractivity contribution in [2.75, 3.05) is 24.6 Å². The summed E-state index contributed by atoms with van der Waals surface area (Å²) >= 11 is 0. The van der Waals surface area contributed by atoms with Gasteiger partial charge in [-0.05, 0) is 16.4 Å². The zero-order chi connectivity index (χ0) is 14.7. The number of rotatable bonds is 6. The highest BCUT2D eigenvalue weighted by molar-refractivity contribution is 5.93. The molecule has 108 valence electrons. The number of non-ortho nitro benzene ring substituents is 1. The van der Waals surface area contributed by atoms with Crippen LogP contribution < -0.4 is 4.90 Å². The van der Waals surface area contributed by atoms with E-state index in [2.05, 4.69) is 14.9 Å². The lowest BCUT2D eigenvalue weighted by molar-refractivity contribution is -0.383. The summed E-state index contributed by atoms with van der Waals surface area (Å²) in [5.74, 6) is 0. The molecule has 0 unspecified atom stereocenters. The first-order valence-corrected chi connectivity index (χ1v) is 5.58. The SMILES string of the molecule is O=[N+]([O-])c1ccc(N(CCO)CC(F)F)c2nonc12. The highest BCUT2D eigenvalue weighted by Gasteiger charge is 2.23. The van der Waals surface area contributed by atoms with Crippen LogP contribution in [0.4, 0.5) is 20.2 Å². The molecule has 2 rings (SSSR count). The molecule has 10 heteroatoms. The minimum absolute atomic E-state index is 0.00769. The predicted molar refractivity (Wildman–Crippen MR) is 63.8 cm³/mol. The van der Waals surface area contributed by atoms with Crippen molar-refractivity contribution < 1.29 is 23.4 Å². The number of fused-ring (bicyclic) bond motifs is 1. The van der Waals surface area contributed by atoms with Crippen LogP contribution in [0.15, 0.2) is 16.8 Å². The van der Waals surface area contributed by atoms with E-state index in [4.69, 9.17) is 5.11 Å². The average molecular weight is 288 g/mol. The molecule has 2 aromatic rings. The molecule has 0 spiro atoms. The van der Waals surface area contributed by atoms with E-state index in [1.165, 1.54) is 11.0 Å². The lowest BCUT2D eigenvalue weighted by atomic mass is 10.2. The fraction of sp³-hybridized carbons (Fsp3) is 0.400. The van der Waals surface area contributed by atoms with Crippen LogP contribution in [-0.2, 0) is 0 Å². The Hall–Kier alpha value is -2.36. The quantitative estimate of drug-likeness (QED) is 0.628. The number of hydrogen-bond donors (Lipinski definition) is 1. The maximum Gasteiger partial charge on any atom is 0.300 e. The van der Waals surface area contributed by atoms with E-state index in [0.717, 1.165) is 6.07 Å². The van der Waals surface area contributed by atoms with Gasteiger partial charge in [-0.25, -0.2) is 13.4 Å². The highest BCUT2D eigenvalue weighted by Crippen LogP contribution is 2.31. The number of aliphatic hydroxyl groups excluding tert-OH is 1. The first kappa shape index (κ1) is 14.1. The van der Waals surface area contributed by atoms with Gasteiger partial charge in [-0.3, -0.25) is 10.1 Å². The van der Waals surface area contributed by atoms with Gasteiger partial charge in [0.2, 0.25) is 5.52 Å². The molecule has 1 N–H and O–H groups in total. The molecule has 1 heterocycles. The molecule has 0 bridgehead atoms. The van der Waals surface area contributed by atoms with Gasteiger partial charge in [0.25, 0.3) is 6.43 Å². The zero-order valence-electron chi connectivity index (χ0n) is 10.1. The van der Waals surface area contributed by atoms with Gasteiger partial charge in [0.05, 0.1) is 23.8 Å². The van der Waals surface area contributed by atoms with Crippen LogP contribution in [-0.4, -0.2) is 46.5 Å². The van der Waals surface area contributed by atoms with E-state index >= 15 is 0 Å². The van der Waals surface area contributed by atoms with Crippen molar-refractivity contribution in [2.24, 2.45) is 0 Å². The third kappa shape index (κ3) is 2.64. The van der Waals surface area contributed by atoms with Gasteiger partial charge in [0.1, 0.15) is 0 Å². The topological polar surface area (TPSA) is 106 Å². The van der Waals surface area contributed by atoms with E-state index < -0.39 is 17.9 Å². The van der Waals surface area contributed by atoms with Crippen LogP contribution >= 0.6 is 0 Å². The molecule has 0 amide bonds. The van der Waals surface area contributed by atoms with Crippen LogP contribution in [0.2, 0.25) is 0 Å². The number of anilines is 1. The number of nitrogens with zero attached hydrogens (tertiary/aromatic N) is 4. The number of nitro groups is 1. The van der Waals surface area contributed by atoms with Gasteiger partial charge in [0, 0.05) is 12.6 Å². The smallest absolute Gasteiger partial charge is 0.300 e. The Kier molecular flexibility index (Phi) is 4.03.